The van der Waals surface area contributed by atoms with E-state index >= 15 is 0 Å². The SMILES string of the molecule is CC(C)CCCCNCCCC(C)(C)N. The van der Waals surface area contributed by atoms with Crippen molar-refractivity contribution in [2.45, 2.75) is 65.3 Å². The fraction of sp³-hybridized carbons (Fsp3) is 1.00. The first kappa shape index (κ1) is 14.9. The fourth-order valence-corrected chi connectivity index (χ4v) is 1.60. The van der Waals surface area contributed by atoms with Gasteiger partial charge in [-0.25, -0.2) is 0 Å². The maximum atomic E-state index is 5.90. The van der Waals surface area contributed by atoms with Crippen molar-refractivity contribution in [3.63, 3.8) is 0 Å². The second-order valence-electron chi connectivity index (χ2n) is 5.73. The lowest BCUT2D eigenvalue weighted by molar-refractivity contribution is 0.444. The van der Waals surface area contributed by atoms with Crippen molar-refractivity contribution < 1.29 is 0 Å². The van der Waals surface area contributed by atoms with Crippen molar-refractivity contribution >= 4 is 0 Å². The van der Waals surface area contributed by atoms with Gasteiger partial charge in [0.25, 0.3) is 0 Å². The van der Waals surface area contributed by atoms with Gasteiger partial charge in [0, 0.05) is 5.54 Å². The summed E-state index contributed by atoms with van der Waals surface area (Å²) in [5.74, 6) is 0.850. The minimum Gasteiger partial charge on any atom is -0.326 e. The Labute approximate surface area is 96.0 Å². The van der Waals surface area contributed by atoms with Gasteiger partial charge in [-0.1, -0.05) is 26.7 Å². The van der Waals surface area contributed by atoms with Crippen LogP contribution < -0.4 is 11.1 Å². The first-order valence-corrected chi connectivity index (χ1v) is 6.41. The molecule has 0 bridgehead atoms. The Morgan fingerprint density at radius 2 is 1.67 bits per heavy atom. The third-order valence-electron chi connectivity index (χ3n) is 2.56. The molecule has 3 N–H and O–H groups in total. The van der Waals surface area contributed by atoms with Crippen LogP contribution in [0, 0.1) is 5.92 Å². The van der Waals surface area contributed by atoms with Crippen LogP contribution in [0.25, 0.3) is 0 Å². The Morgan fingerprint density at radius 1 is 1.07 bits per heavy atom. The lowest BCUT2D eigenvalue weighted by Gasteiger charge is -2.17. The van der Waals surface area contributed by atoms with E-state index in [2.05, 4.69) is 33.0 Å². The Morgan fingerprint density at radius 3 is 2.20 bits per heavy atom. The molecule has 0 unspecified atom stereocenters. The van der Waals surface area contributed by atoms with E-state index in [0.717, 1.165) is 25.4 Å². The van der Waals surface area contributed by atoms with E-state index in [1.54, 1.807) is 0 Å². The lowest BCUT2D eigenvalue weighted by atomic mass is 10.0. The monoisotopic (exact) mass is 214 g/mol. The number of rotatable bonds is 9. The van der Waals surface area contributed by atoms with Crippen molar-refractivity contribution in [2.24, 2.45) is 11.7 Å². The summed E-state index contributed by atoms with van der Waals surface area (Å²) in [7, 11) is 0. The highest BCUT2D eigenvalue weighted by molar-refractivity contribution is 4.71. The molecule has 0 heterocycles. The second kappa shape index (κ2) is 8.12. The van der Waals surface area contributed by atoms with Gasteiger partial charge in [0.15, 0.2) is 0 Å². The summed E-state index contributed by atoms with van der Waals surface area (Å²) in [5, 5.41) is 3.48. The van der Waals surface area contributed by atoms with E-state index in [4.69, 9.17) is 5.73 Å². The molecule has 0 saturated heterocycles. The van der Waals surface area contributed by atoms with Gasteiger partial charge in [-0.15, -0.1) is 0 Å². The molecular weight excluding hydrogens is 184 g/mol. The van der Waals surface area contributed by atoms with Crippen molar-refractivity contribution in [2.75, 3.05) is 13.1 Å². The molecule has 0 aliphatic carbocycles. The second-order valence-corrected chi connectivity index (χ2v) is 5.73. The van der Waals surface area contributed by atoms with Gasteiger partial charge in [-0.05, 0) is 52.1 Å². The maximum absolute atomic E-state index is 5.90. The average molecular weight is 214 g/mol. The Balaban J connectivity index is 3.06. The summed E-state index contributed by atoms with van der Waals surface area (Å²) in [5.41, 5.74) is 5.90. The van der Waals surface area contributed by atoms with Crippen LogP contribution in [0.3, 0.4) is 0 Å². The Kier molecular flexibility index (Phi) is 8.07. The first-order valence-electron chi connectivity index (χ1n) is 6.41. The minimum atomic E-state index is -0.000672. The summed E-state index contributed by atoms with van der Waals surface area (Å²) in [4.78, 5) is 0. The van der Waals surface area contributed by atoms with Crippen molar-refractivity contribution in [1.29, 1.82) is 0 Å². The van der Waals surface area contributed by atoms with E-state index in [1.165, 1.54) is 25.7 Å². The van der Waals surface area contributed by atoms with Crippen molar-refractivity contribution in [3.05, 3.63) is 0 Å². The average Bonchev–Trinajstić information content (AvgIpc) is 2.07. The largest absolute Gasteiger partial charge is 0.326 e. The molecule has 2 nitrogen and oxygen atoms in total. The highest BCUT2D eigenvalue weighted by atomic mass is 14.8. The topological polar surface area (TPSA) is 38.0 Å². The standard InChI is InChI=1S/C13H30N2/c1-12(2)8-5-6-10-15-11-7-9-13(3,4)14/h12,15H,5-11,14H2,1-4H3. The minimum absolute atomic E-state index is 0.000672. The number of nitrogens with one attached hydrogen (secondary N) is 1. The van der Waals surface area contributed by atoms with Gasteiger partial charge in [0.2, 0.25) is 0 Å². The highest BCUT2D eigenvalue weighted by Gasteiger charge is 2.08. The summed E-state index contributed by atoms with van der Waals surface area (Å²) in [6.45, 7) is 11.0. The number of nitrogens with two attached hydrogens (primary N) is 1. The maximum Gasteiger partial charge on any atom is 0.00975 e. The molecule has 0 fully saturated rings. The molecule has 0 spiro atoms. The van der Waals surface area contributed by atoms with Crippen LogP contribution in [0.1, 0.15) is 59.8 Å². The third kappa shape index (κ3) is 13.9. The predicted octanol–water partition coefficient (Wildman–Crippen LogP) is 2.92. The van der Waals surface area contributed by atoms with Crippen LogP contribution in [-0.2, 0) is 0 Å². The smallest absolute Gasteiger partial charge is 0.00975 e. The zero-order valence-corrected chi connectivity index (χ0v) is 11.1. The van der Waals surface area contributed by atoms with Gasteiger partial charge in [-0.3, -0.25) is 0 Å². The molecule has 0 aromatic heterocycles. The molecule has 0 aromatic carbocycles. The highest BCUT2D eigenvalue weighted by Crippen LogP contribution is 2.06. The zero-order chi connectivity index (χ0) is 11.7. The summed E-state index contributed by atoms with van der Waals surface area (Å²) >= 11 is 0. The number of unbranched alkanes of at least 4 members (excludes halogenated alkanes) is 1. The van der Waals surface area contributed by atoms with Crippen LogP contribution in [0.2, 0.25) is 0 Å². The fourth-order valence-electron chi connectivity index (χ4n) is 1.60. The quantitative estimate of drug-likeness (QED) is 0.579. The summed E-state index contributed by atoms with van der Waals surface area (Å²) in [6, 6.07) is 0. The van der Waals surface area contributed by atoms with Crippen LogP contribution >= 0.6 is 0 Å². The van der Waals surface area contributed by atoms with Gasteiger partial charge in [0.05, 0.1) is 0 Å². The van der Waals surface area contributed by atoms with E-state index in [0.29, 0.717) is 0 Å². The van der Waals surface area contributed by atoms with E-state index in [1.807, 2.05) is 0 Å². The van der Waals surface area contributed by atoms with Crippen LogP contribution in [0.15, 0.2) is 0 Å². The normalized spacial score (nSPS) is 12.4. The molecule has 0 amide bonds. The van der Waals surface area contributed by atoms with Gasteiger partial charge in [0.1, 0.15) is 0 Å². The molecule has 0 aliphatic rings. The molecule has 0 aromatic rings. The molecule has 92 valence electrons. The molecule has 0 rings (SSSR count). The van der Waals surface area contributed by atoms with Crippen LogP contribution in [0.4, 0.5) is 0 Å². The molecule has 15 heavy (non-hydrogen) atoms. The molecule has 0 radical (unpaired) electrons. The van der Waals surface area contributed by atoms with E-state index in [9.17, 15) is 0 Å². The predicted molar refractivity (Wildman–Crippen MR) is 69.1 cm³/mol. The van der Waals surface area contributed by atoms with Gasteiger partial charge < -0.3 is 11.1 Å². The van der Waals surface area contributed by atoms with Crippen LogP contribution in [-0.4, -0.2) is 18.6 Å². The van der Waals surface area contributed by atoms with Gasteiger partial charge in [-0.2, -0.15) is 0 Å². The Bertz CT molecular complexity index is 136. The van der Waals surface area contributed by atoms with Crippen molar-refractivity contribution in [1.82, 2.24) is 5.32 Å². The van der Waals surface area contributed by atoms with Gasteiger partial charge >= 0.3 is 0 Å². The summed E-state index contributed by atoms with van der Waals surface area (Å²) < 4.78 is 0. The molecule has 0 saturated carbocycles. The Hall–Kier alpha value is -0.0800. The number of hydrogen-bond acceptors (Lipinski definition) is 2. The summed E-state index contributed by atoms with van der Waals surface area (Å²) in [6.07, 6.45) is 6.31. The third-order valence-corrected chi connectivity index (χ3v) is 2.56. The molecule has 0 atom stereocenters. The van der Waals surface area contributed by atoms with Crippen LogP contribution in [0.5, 0.6) is 0 Å². The van der Waals surface area contributed by atoms with Crippen molar-refractivity contribution in [3.8, 4) is 0 Å². The number of hydrogen-bond donors (Lipinski definition) is 2. The first-order chi connectivity index (χ1) is 6.92. The molecule has 0 aliphatic heterocycles. The molecular formula is C13H30N2. The van der Waals surface area contributed by atoms with E-state index in [-0.39, 0.29) is 5.54 Å². The lowest BCUT2D eigenvalue weighted by Crippen LogP contribution is -2.32. The zero-order valence-electron chi connectivity index (χ0n) is 11.1. The van der Waals surface area contributed by atoms with E-state index < -0.39 is 0 Å². The molecule has 2 heteroatoms.